The molecular weight excluding hydrogens is 344 g/mol. The van der Waals surface area contributed by atoms with Gasteiger partial charge in [-0.1, -0.05) is 60.3 Å². The zero-order chi connectivity index (χ0) is 17.8. The molecule has 1 saturated carbocycles. The van der Waals surface area contributed by atoms with Crippen LogP contribution in [0.2, 0.25) is 0 Å². The Morgan fingerprint density at radius 2 is 1.88 bits per heavy atom. The lowest BCUT2D eigenvalue weighted by Crippen LogP contribution is -2.32. The van der Waals surface area contributed by atoms with E-state index in [1.165, 1.54) is 23.7 Å². The van der Waals surface area contributed by atoms with Crippen molar-refractivity contribution < 1.29 is 4.79 Å². The van der Waals surface area contributed by atoms with Gasteiger partial charge in [0, 0.05) is 23.3 Å². The summed E-state index contributed by atoms with van der Waals surface area (Å²) in [5, 5.41) is 10.6. The first-order chi connectivity index (χ1) is 12.8. The van der Waals surface area contributed by atoms with Crippen LogP contribution in [0.4, 0.5) is 0 Å². The van der Waals surface area contributed by atoms with Crippen LogP contribution in [-0.2, 0) is 11.2 Å². The molecule has 1 aliphatic rings. The molecule has 5 nitrogen and oxygen atoms in total. The molecular formula is C20H20N4OS. The van der Waals surface area contributed by atoms with Gasteiger partial charge in [-0.25, -0.2) is 4.98 Å². The summed E-state index contributed by atoms with van der Waals surface area (Å²) < 4.78 is 0. The van der Waals surface area contributed by atoms with Crippen molar-refractivity contribution in [3.05, 3.63) is 77.6 Å². The van der Waals surface area contributed by atoms with Crippen LogP contribution in [0.5, 0.6) is 0 Å². The van der Waals surface area contributed by atoms with Crippen molar-refractivity contribution in [1.82, 2.24) is 20.5 Å². The molecule has 0 radical (unpaired) electrons. The van der Waals surface area contributed by atoms with Crippen LogP contribution in [0.3, 0.4) is 0 Å². The van der Waals surface area contributed by atoms with Gasteiger partial charge < -0.3 is 5.32 Å². The van der Waals surface area contributed by atoms with Crippen molar-refractivity contribution in [1.29, 1.82) is 0 Å². The van der Waals surface area contributed by atoms with Crippen LogP contribution in [-0.4, -0.2) is 27.6 Å². The van der Waals surface area contributed by atoms with E-state index < -0.39 is 0 Å². The molecule has 0 bridgehead atoms. The molecule has 0 aliphatic heterocycles. The summed E-state index contributed by atoms with van der Waals surface area (Å²) in [7, 11) is 0. The van der Waals surface area contributed by atoms with E-state index in [9.17, 15) is 4.79 Å². The maximum absolute atomic E-state index is 12.8. The van der Waals surface area contributed by atoms with Gasteiger partial charge in [0.2, 0.25) is 0 Å². The number of hydrogen-bond donors (Lipinski definition) is 2. The monoisotopic (exact) mass is 364 g/mol. The molecule has 6 heteroatoms. The number of nitrogens with zero attached hydrogens (tertiary/aromatic N) is 2. The average molecular weight is 364 g/mol. The maximum Gasteiger partial charge on any atom is 0.251 e. The number of thioether (sulfide) groups is 1. The quantitative estimate of drug-likeness (QED) is 0.629. The summed E-state index contributed by atoms with van der Waals surface area (Å²) in [6, 6.07) is 18.2. The SMILES string of the molecule is O=C(NCC1(c2ccccc2)CC1)c1ccccc1CSc1ncn[nH]1. The first-order valence-corrected chi connectivity index (χ1v) is 9.65. The summed E-state index contributed by atoms with van der Waals surface area (Å²) in [4.78, 5) is 16.9. The van der Waals surface area contributed by atoms with Crippen LogP contribution in [0, 0.1) is 0 Å². The maximum atomic E-state index is 12.8. The predicted octanol–water partition coefficient (Wildman–Crippen LogP) is 3.56. The molecule has 3 aromatic rings. The Balaban J connectivity index is 1.42. The third-order valence-electron chi connectivity index (χ3n) is 4.85. The molecule has 1 aliphatic carbocycles. The number of benzene rings is 2. The van der Waals surface area contributed by atoms with Gasteiger partial charge in [0.05, 0.1) is 0 Å². The highest BCUT2D eigenvalue weighted by atomic mass is 32.2. The average Bonchev–Trinajstić information content (AvgIpc) is 3.31. The van der Waals surface area contributed by atoms with Crippen molar-refractivity contribution in [3.63, 3.8) is 0 Å². The molecule has 1 amide bonds. The number of rotatable bonds is 7. The number of H-pyrrole nitrogens is 1. The molecule has 1 heterocycles. The van der Waals surface area contributed by atoms with Gasteiger partial charge in [0.15, 0.2) is 5.16 Å². The molecule has 0 atom stereocenters. The number of aromatic nitrogens is 3. The molecule has 4 rings (SSSR count). The molecule has 0 unspecified atom stereocenters. The minimum absolute atomic E-state index is 0.0130. The number of nitrogens with one attached hydrogen (secondary N) is 2. The molecule has 1 aromatic heterocycles. The zero-order valence-electron chi connectivity index (χ0n) is 14.3. The van der Waals surface area contributed by atoms with Gasteiger partial charge in [0.25, 0.3) is 5.91 Å². The number of aromatic amines is 1. The lowest BCUT2D eigenvalue weighted by atomic mass is 9.96. The fraction of sp³-hybridized carbons (Fsp3) is 0.250. The third-order valence-corrected chi connectivity index (χ3v) is 5.77. The second kappa shape index (κ2) is 7.33. The smallest absolute Gasteiger partial charge is 0.251 e. The van der Waals surface area contributed by atoms with E-state index in [0.29, 0.717) is 12.3 Å². The zero-order valence-corrected chi connectivity index (χ0v) is 15.1. The van der Waals surface area contributed by atoms with E-state index in [4.69, 9.17) is 0 Å². The Labute approximate surface area is 156 Å². The van der Waals surface area contributed by atoms with E-state index in [-0.39, 0.29) is 11.3 Å². The summed E-state index contributed by atoms with van der Waals surface area (Å²) >= 11 is 1.54. The summed E-state index contributed by atoms with van der Waals surface area (Å²) in [6.45, 7) is 0.680. The Kier molecular flexibility index (Phi) is 4.75. The van der Waals surface area contributed by atoms with Crippen molar-refractivity contribution in [2.24, 2.45) is 0 Å². The fourth-order valence-corrected chi connectivity index (χ4v) is 3.92. The van der Waals surface area contributed by atoms with Crippen LogP contribution in [0.15, 0.2) is 66.1 Å². The van der Waals surface area contributed by atoms with Crippen LogP contribution < -0.4 is 5.32 Å². The van der Waals surface area contributed by atoms with Crippen LogP contribution in [0.25, 0.3) is 0 Å². The highest BCUT2D eigenvalue weighted by Gasteiger charge is 2.44. The topological polar surface area (TPSA) is 70.7 Å². The Bertz CT molecular complexity index is 876. The second-order valence-electron chi connectivity index (χ2n) is 6.57. The molecule has 0 saturated heterocycles. The molecule has 1 fully saturated rings. The Morgan fingerprint density at radius 3 is 2.62 bits per heavy atom. The van der Waals surface area contributed by atoms with Crippen molar-refractivity contribution >= 4 is 17.7 Å². The lowest BCUT2D eigenvalue weighted by molar-refractivity contribution is 0.0949. The summed E-state index contributed by atoms with van der Waals surface area (Å²) in [5.41, 5.74) is 3.15. The Hall–Kier alpha value is -2.60. The van der Waals surface area contributed by atoms with E-state index >= 15 is 0 Å². The van der Waals surface area contributed by atoms with Crippen molar-refractivity contribution in [3.8, 4) is 0 Å². The van der Waals surface area contributed by atoms with E-state index in [1.807, 2.05) is 30.3 Å². The largest absolute Gasteiger partial charge is 0.351 e. The predicted molar refractivity (Wildman–Crippen MR) is 102 cm³/mol. The van der Waals surface area contributed by atoms with Crippen molar-refractivity contribution in [2.75, 3.05) is 6.54 Å². The molecule has 26 heavy (non-hydrogen) atoms. The first kappa shape index (κ1) is 16.8. The van der Waals surface area contributed by atoms with Crippen molar-refractivity contribution in [2.45, 2.75) is 29.2 Å². The molecule has 2 N–H and O–H groups in total. The summed E-state index contributed by atoms with van der Waals surface area (Å²) in [5.74, 6) is 0.656. The van der Waals surface area contributed by atoms with Gasteiger partial charge >= 0.3 is 0 Å². The number of hydrogen-bond acceptors (Lipinski definition) is 4. The first-order valence-electron chi connectivity index (χ1n) is 8.67. The van der Waals surface area contributed by atoms with Gasteiger partial charge in [-0.3, -0.25) is 9.89 Å². The normalized spacial score (nSPS) is 14.8. The van der Waals surface area contributed by atoms with Crippen LogP contribution in [0.1, 0.15) is 34.3 Å². The van der Waals surface area contributed by atoms with E-state index in [1.54, 1.807) is 0 Å². The minimum atomic E-state index is -0.0130. The van der Waals surface area contributed by atoms with E-state index in [2.05, 4.69) is 44.8 Å². The van der Waals surface area contributed by atoms with Gasteiger partial charge in [-0.05, 0) is 30.0 Å². The highest BCUT2D eigenvalue weighted by Crippen LogP contribution is 2.47. The standard InChI is InChI=1S/C20H20N4OS/c25-18(21-13-20(10-11-20)16-7-2-1-3-8-16)17-9-5-4-6-15(17)12-26-19-22-14-23-24-19/h1-9,14H,10-13H2,(H,21,25)(H,22,23,24). The summed E-state index contributed by atoms with van der Waals surface area (Å²) in [6.07, 6.45) is 3.74. The van der Waals surface area contributed by atoms with Crippen LogP contribution >= 0.6 is 11.8 Å². The minimum Gasteiger partial charge on any atom is -0.351 e. The molecule has 0 spiro atoms. The van der Waals surface area contributed by atoms with E-state index in [0.717, 1.165) is 29.1 Å². The fourth-order valence-electron chi connectivity index (χ4n) is 3.13. The number of carbonyl (C=O) groups is 1. The lowest BCUT2D eigenvalue weighted by Gasteiger charge is -2.17. The second-order valence-corrected chi connectivity index (χ2v) is 7.53. The number of amides is 1. The van der Waals surface area contributed by atoms with Gasteiger partial charge in [-0.2, -0.15) is 5.10 Å². The molecule has 132 valence electrons. The number of carbonyl (C=O) groups excluding carboxylic acids is 1. The van der Waals surface area contributed by atoms with Gasteiger partial charge in [-0.15, -0.1) is 0 Å². The van der Waals surface area contributed by atoms with Gasteiger partial charge in [0.1, 0.15) is 6.33 Å². The molecule has 2 aromatic carbocycles. The Morgan fingerprint density at radius 1 is 1.12 bits per heavy atom. The third kappa shape index (κ3) is 3.65. The highest BCUT2D eigenvalue weighted by molar-refractivity contribution is 7.98.